The van der Waals surface area contributed by atoms with Crippen LogP contribution >= 0.6 is 0 Å². The first-order chi connectivity index (χ1) is 16.5. The lowest BCUT2D eigenvalue weighted by Gasteiger charge is -2.46. The van der Waals surface area contributed by atoms with Crippen molar-refractivity contribution in [1.82, 2.24) is 0 Å². The molecule has 186 valence electrons. The fourth-order valence-corrected chi connectivity index (χ4v) is 11.3. The van der Waals surface area contributed by atoms with Gasteiger partial charge >= 0.3 is 0 Å². The Bertz CT molecular complexity index is 1180. The third kappa shape index (κ3) is 5.85. The molecule has 0 aliphatic heterocycles. The largest absolute Gasteiger partial charge is 0.401 e. The molecule has 3 aromatic carbocycles. The van der Waals surface area contributed by atoms with E-state index in [1.165, 1.54) is 10.4 Å². The van der Waals surface area contributed by atoms with Gasteiger partial charge in [-0.3, -0.25) is 0 Å². The van der Waals surface area contributed by atoms with Crippen molar-refractivity contribution in [1.29, 1.82) is 0 Å². The molecule has 0 saturated heterocycles. The summed E-state index contributed by atoms with van der Waals surface area (Å²) in [6.45, 7) is 12.8. The van der Waals surface area contributed by atoms with Gasteiger partial charge in [0.25, 0.3) is 8.32 Å². The first-order valence-electron chi connectivity index (χ1n) is 12.2. The molecule has 5 heteroatoms. The van der Waals surface area contributed by atoms with Gasteiger partial charge in [-0.05, 0) is 52.9 Å². The molecule has 0 spiro atoms. The predicted molar refractivity (Wildman–Crippen MR) is 150 cm³/mol. The van der Waals surface area contributed by atoms with Crippen molar-refractivity contribution in [2.75, 3.05) is 5.75 Å². The highest BCUT2D eigenvalue weighted by Crippen LogP contribution is 2.39. The number of benzene rings is 3. The first-order valence-corrected chi connectivity index (χ1v) is 15.8. The van der Waals surface area contributed by atoms with Gasteiger partial charge in [0, 0.05) is 0 Å². The van der Waals surface area contributed by atoms with Crippen LogP contribution in [0.5, 0.6) is 0 Å². The van der Waals surface area contributed by atoms with Crippen LogP contribution in [0.25, 0.3) is 0 Å². The molecule has 3 aromatic rings. The van der Waals surface area contributed by atoms with Crippen LogP contribution in [0.1, 0.15) is 41.5 Å². The zero-order chi connectivity index (χ0) is 25.7. The minimum Gasteiger partial charge on any atom is -0.401 e. The van der Waals surface area contributed by atoms with Crippen LogP contribution in [-0.4, -0.2) is 28.6 Å². The van der Waals surface area contributed by atoms with Gasteiger partial charge in [-0.25, -0.2) is 8.42 Å². The summed E-state index contributed by atoms with van der Waals surface area (Å²) in [5.41, 5.74) is 1.05. The van der Waals surface area contributed by atoms with Crippen LogP contribution in [0.2, 0.25) is 5.04 Å². The maximum atomic E-state index is 13.3. The van der Waals surface area contributed by atoms with E-state index >= 15 is 0 Å². The first kappa shape index (κ1) is 27.1. The molecule has 0 aliphatic carbocycles. The summed E-state index contributed by atoms with van der Waals surface area (Å²) in [6.07, 6.45) is 1.71. The Balaban J connectivity index is 2.14. The number of hydrogen-bond acceptors (Lipinski definition) is 3. The molecule has 3 rings (SSSR count). The zero-order valence-electron chi connectivity index (χ0n) is 21.7. The van der Waals surface area contributed by atoms with Crippen LogP contribution < -0.4 is 10.4 Å². The topological polar surface area (TPSA) is 43.4 Å². The minimum absolute atomic E-state index is 0.0189. The normalized spacial score (nSPS) is 15.0. The quantitative estimate of drug-likeness (QED) is 0.264. The third-order valence-electron chi connectivity index (χ3n) is 6.73. The number of allylic oxidation sites excluding steroid dienone is 1. The molecule has 0 bridgehead atoms. The van der Waals surface area contributed by atoms with Crippen LogP contribution in [0.15, 0.2) is 108 Å². The van der Waals surface area contributed by atoms with Gasteiger partial charge in [-0.15, -0.1) is 0 Å². The molecule has 3 nitrogen and oxygen atoms in total. The SMILES string of the molecule is C/C=C(\C)[C@H](O[Si](c1ccccc1)(c1ccccc1)C(C)(C)C)[C@@H](C)CS(=O)(=O)c1ccccc1. The average molecular weight is 507 g/mol. The van der Waals surface area contributed by atoms with E-state index in [0.717, 1.165) is 5.57 Å². The van der Waals surface area contributed by atoms with E-state index in [2.05, 4.69) is 69.3 Å². The van der Waals surface area contributed by atoms with Crippen molar-refractivity contribution in [3.63, 3.8) is 0 Å². The maximum absolute atomic E-state index is 13.3. The third-order valence-corrected chi connectivity index (χ3v) is 13.7. The molecule has 0 heterocycles. The average Bonchev–Trinajstić information content (AvgIpc) is 2.85. The zero-order valence-corrected chi connectivity index (χ0v) is 23.5. The fraction of sp³-hybridized carbons (Fsp3) is 0.333. The van der Waals surface area contributed by atoms with E-state index in [1.54, 1.807) is 24.3 Å². The van der Waals surface area contributed by atoms with Crippen molar-refractivity contribution in [3.05, 3.63) is 103 Å². The van der Waals surface area contributed by atoms with E-state index in [9.17, 15) is 8.42 Å². The highest BCUT2D eigenvalue weighted by molar-refractivity contribution is 7.91. The fourth-order valence-electron chi connectivity index (χ4n) is 4.86. The van der Waals surface area contributed by atoms with E-state index in [1.807, 2.05) is 45.0 Å². The van der Waals surface area contributed by atoms with E-state index in [-0.39, 0.29) is 22.8 Å². The predicted octanol–water partition coefficient (Wildman–Crippen LogP) is 6.01. The van der Waals surface area contributed by atoms with Crippen LogP contribution in [0, 0.1) is 5.92 Å². The molecule has 0 fully saturated rings. The van der Waals surface area contributed by atoms with Crippen molar-refractivity contribution >= 4 is 28.5 Å². The molecule has 0 aliphatic rings. The monoisotopic (exact) mass is 506 g/mol. The second kappa shape index (κ2) is 11.1. The van der Waals surface area contributed by atoms with Crippen LogP contribution in [0.3, 0.4) is 0 Å². The molecule has 0 amide bonds. The van der Waals surface area contributed by atoms with Gasteiger partial charge in [-0.1, -0.05) is 113 Å². The molecule has 35 heavy (non-hydrogen) atoms. The Morgan fingerprint density at radius 3 is 1.69 bits per heavy atom. The number of sulfone groups is 1. The van der Waals surface area contributed by atoms with Gasteiger partial charge in [0.15, 0.2) is 9.84 Å². The standard InChI is InChI=1S/C30H38O3SSi/c1-7-24(2)29(25(3)23-34(31,32)26-17-11-8-12-18-26)33-35(30(4,5)6,27-19-13-9-14-20-27)28-21-15-10-16-22-28/h7-22,25,29H,23H2,1-6H3/b24-7+/t25-,29-/m0/s1. The summed E-state index contributed by atoms with van der Waals surface area (Å²) < 4.78 is 34.0. The Morgan fingerprint density at radius 2 is 1.29 bits per heavy atom. The molecule has 0 saturated carbocycles. The smallest absolute Gasteiger partial charge is 0.261 e. The minimum atomic E-state index is -3.46. The number of hydrogen-bond donors (Lipinski definition) is 0. The Hall–Kier alpha value is -2.47. The maximum Gasteiger partial charge on any atom is 0.261 e. The summed E-state index contributed by atoms with van der Waals surface area (Å²) in [5.74, 6) is -0.219. The van der Waals surface area contributed by atoms with Gasteiger partial charge < -0.3 is 4.43 Å². The molecule has 0 unspecified atom stereocenters. The van der Waals surface area contributed by atoms with E-state index < -0.39 is 18.2 Å². The van der Waals surface area contributed by atoms with Crippen molar-refractivity contribution in [2.45, 2.75) is 57.6 Å². The van der Waals surface area contributed by atoms with Gasteiger partial charge in [0.1, 0.15) is 0 Å². The Labute approximate surface area is 212 Å². The molecular weight excluding hydrogens is 468 g/mol. The van der Waals surface area contributed by atoms with E-state index in [4.69, 9.17) is 4.43 Å². The molecule has 0 N–H and O–H groups in total. The second-order valence-electron chi connectivity index (χ2n) is 10.3. The van der Waals surface area contributed by atoms with Gasteiger partial charge in [-0.2, -0.15) is 0 Å². The molecular formula is C30H38O3SSi. The highest BCUT2D eigenvalue weighted by atomic mass is 32.2. The highest BCUT2D eigenvalue weighted by Gasteiger charge is 2.52. The lowest BCUT2D eigenvalue weighted by atomic mass is 10.0. The summed E-state index contributed by atoms with van der Waals surface area (Å²) >= 11 is 0. The molecule has 2 atom stereocenters. The van der Waals surface area contributed by atoms with Crippen LogP contribution in [0.4, 0.5) is 0 Å². The lowest BCUT2D eigenvalue weighted by Crippen LogP contribution is -2.68. The Morgan fingerprint density at radius 1 is 0.857 bits per heavy atom. The Kier molecular flexibility index (Phi) is 8.57. The van der Waals surface area contributed by atoms with Crippen molar-refractivity contribution < 1.29 is 12.8 Å². The second-order valence-corrected chi connectivity index (χ2v) is 16.6. The van der Waals surface area contributed by atoms with E-state index in [0.29, 0.717) is 4.90 Å². The van der Waals surface area contributed by atoms with Gasteiger partial charge in [0.05, 0.1) is 16.8 Å². The molecule has 0 radical (unpaired) electrons. The van der Waals surface area contributed by atoms with Crippen LogP contribution in [-0.2, 0) is 14.3 Å². The summed E-state index contributed by atoms with van der Waals surface area (Å²) in [4.78, 5) is 0.356. The number of rotatable bonds is 9. The van der Waals surface area contributed by atoms with Crippen molar-refractivity contribution in [2.24, 2.45) is 5.92 Å². The van der Waals surface area contributed by atoms with Gasteiger partial charge in [0.2, 0.25) is 0 Å². The van der Waals surface area contributed by atoms with Crippen molar-refractivity contribution in [3.8, 4) is 0 Å². The summed E-state index contributed by atoms with van der Waals surface area (Å²) in [6, 6.07) is 29.7. The molecule has 0 aromatic heterocycles. The lowest BCUT2D eigenvalue weighted by molar-refractivity contribution is 0.173. The summed E-state index contributed by atoms with van der Waals surface area (Å²) in [5, 5.41) is 2.18. The summed E-state index contributed by atoms with van der Waals surface area (Å²) in [7, 11) is -6.30.